The first kappa shape index (κ1) is 13.8. The lowest BCUT2D eigenvalue weighted by atomic mass is 10.0. The molecule has 0 amide bonds. The summed E-state index contributed by atoms with van der Waals surface area (Å²) in [6, 6.07) is 6.18. The minimum absolute atomic E-state index is 0.645. The molecule has 1 nitrogen and oxygen atoms in total. The monoisotopic (exact) mass is 205 g/mol. The molecule has 0 aromatic heterocycles. The first-order chi connectivity index (χ1) is 7.02. The Morgan fingerprint density at radius 1 is 1.20 bits per heavy atom. The largest absolute Gasteiger partial charge is 0.399 e. The number of unbranched alkanes of at least 4 members (excludes halogenated alkanes) is 1. The molecule has 0 aliphatic carbocycles. The van der Waals surface area contributed by atoms with Crippen LogP contribution in [0, 0.1) is 13.8 Å². The van der Waals surface area contributed by atoms with Gasteiger partial charge in [-0.25, -0.2) is 0 Å². The van der Waals surface area contributed by atoms with Crippen LogP contribution >= 0.6 is 0 Å². The topological polar surface area (TPSA) is 26.0 Å². The van der Waals surface area contributed by atoms with Gasteiger partial charge in [0, 0.05) is 5.70 Å². The molecule has 1 rings (SSSR count). The van der Waals surface area contributed by atoms with Crippen molar-refractivity contribution in [2.45, 2.75) is 40.5 Å². The van der Waals surface area contributed by atoms with Crippen molar-refractivity contribution in [3.8, 4) is 0 Å². The molecule has 84 valence electrons. The number of hydrogen-bond acceptors (Lipinski definition) is 1. The standard InChI is InChI=1S/C10H13N.C4H10/c1-7-4-5-8(2)10(6-7)9(3)11;1-3-4-2/h4-6H,3,11H2,1-2H3;3-4H2,1-2H3. The van der Waals surface area contributed by atoms with Gasteiger partial charge in [0.2, 0.25) is 0 Å². The fourth-order valence-corrected chi connectivity index (χ4v) is 1.08. The lowest BCUT2D eigenvalue weighted by molar-refractivity contribution is 0.886. The van der Waals surface area contributed by atoms with Crippen molar-refractivity contribution in [3.63, 3.8) is 0 Å². The molecule has 0 saturated heterocycles. The minimum atomic E-state index is 0.645. The van der Waals surface area contributed by atoms with Gasteiger partial charge in [0.05, 0.1) is 0 Å². The van der Waals surface area contributed by atoms with E-state index in [1.165, 1.54) is 24.0 Å². The van der Waals surface area contributed by atoms with Crippen molar-refractivity contribution < 1.29 is 0 Å². The number of benzene rings is 1. The van der Waals surface area contributed by atoms with Crippen LogP contribution in [-0.4, -0.2) is 0 Å². The fraction of sp³-hybridized carbons (Fsp3) is 0.429. The Morgan fingerprint density at radius 2 is 1.73 bits per heavy atom. The van der Waals surface area contributed by atoms with E-state index in [0.717, 1.165) is 5.56 Å². The summed E-state index contributed by atoms with van der Waals surface area (Å²) < 4.78 is 0. The predicted molar refractivity (Wildman–Crippen MR) is 69.7 cm³/mol. The van der Waals surface area contributed by atoms with Crippen LogP contribution in [0.1, 0.15) is 43.4 Å². The second kappa shape index (κ2) is 7.10. The van der Waals surface area contributed by atoms with E-state index in [4.69, 9.17) is 5.73 Å². The molecular weight excluding hydrogens is 182 g/mol. The van der Waals surface area contributed by atoms with Crippen molar-refractivity contribution in [1.82, 2.24) is 0 Å². The van der Waals surface area contributed by atoms with Crippen LogP contribution in [0.2, 0.25) is 0 Å². The van der Waals surface area contributed by atoms with E-state index in [2.05, 4.69) is 38.6 Å². The Hall–Kier alpha value is -1.24. The summed E-state index contributed by atoms with van der Waals surface area (Å²) in [5, 5.41) is 0. The Labute approximate surface area is 94.0 Å². The van der Waals surface area contributed by atoms with Crippen molar-refractivity contribution in [3.05, 3.63) is 41.5 Å². The Balaban J connectivity index is 0.000000423. The molecule has 1 aromatic rings. The summed E-state index contributed by atoms with van der Waals surface area (Å²) in [5.41, 5.74) is 9.70. The van der Waals surface area contributed by atoms with Crippen molar-refractivity contribution in [1.29, 1.82) is 0 Å². The van der Waals surface area contributed by atoms with E-state index < -0.39 is 0 Å². The molecule has 0 spiro atoms. The third-order valence-electron chi connectivity index (χ3n) is 2.24. The molecule has 15 heavy (non-hydrogen) atoms. The summed E-state index contributed by atoms with van der Waals surface area (Å²) >= 11 is 0. The Bertz CT molecular complexity index is 311. The normalized spacial score (nSPS) is 9.07. The molecular formula is C14H23N. The number of aryl methyl sites for hydroxylation is 2. The number of hydrogen-bond donors (Lipinski definition) is 1. The highest BCUT2D eigenvalue weighted by molar-refractivity contribution is 5.63. The van der Waals surface area contributed by atoms with Crippen LogP contribution < -0.4 is 5.73 Å². The van der Waals surface area contributed by atoms with Crippen molar-refractivity contribution >= 4 is 5.70 Å². The lowest BCUT2D eigenvalue weighted by Crippen LogP contribution is -1.96. The van der Waals surface area contributed by atoms with Crippen molar-refractivity contribution in [2.24, 2.45) is 5.73 Å². The van der Waals surface area contributed by atoms with E-state index in [1.807, 2.05) is 13.8 Å². The smallest absolute Gasteiger partial charge is 0.0317 e. The van der Waals surface area contributed by atoms with E-state index in [9.17, 15) is 0 Å². The molecule has 0 saturated carbocycles. The Morgan fingerprint density at radius 3 is 2.07 bits per heavy atom. The maximum Gasteiger partial charge on any atom is 0.0317 e. The Kier molecular flexibility index (Phi) is 6.52. The molecule has 0 aliphatic rings. The summed E-state index contributed by atoms with van der Waals surface area (Å²) in [7, 11) is 0. The van der Waals surface area contributed by atoms with Crippen LogP contribution in [0.5, 0.6) is 0 Å². The molecule has 0 aliphatic heterocycles. The third kappa shape index (κ3) is 5.26. The molecule has 1 heteroatoms. The maximum atomic E-state index is 5.59. The van der Waals surface area contributed by atoms with E-state index in [1.54, 1.807) is 0 Å². The van der Waals surface area contributed by atoms with E-state index in [0.29, 0.717) is 5.70 Å². The summed E-state index contributed by atoms with van der Waals surface area (Å²) in [6.07, 6.45) is 2.64. The van der Waals surface area contributed by atoms with Crippen molar-refractivity contribution in [2.75, 3.05) is 0 Å². The molecule has 0 bridgehead atoms. The van der Waals surface area contributed by atoms with Crippen LogP contribution in [0.15, 0.2) is 24.8 Å². The van der Waals surface area contributed by atoms with Gasteiger partial charge >= 0.3 is 0 Å². The minimum Gasteiger partial charge on any atom is -0.399 e. The van der Waals surface area contributed by atoms with E-state index in [-0.39, 0.29) is 0 Å². The second-order valence-corrected chi connectivity index (χ2v) is 3.84. The van der Waals surface area contributed by atoms with Crippen LogP contribution in [0.4, 0.5) is 0 Å². The van der Waals surface area contributed by atoms with Gasteiger partial charge in [-0.3, -0.25) is 0 Å². The predicted octanol–water partition coefficient (Wildman–Crippen LogP) is 4.04. The van der Waals surface area contributed by atoms with Crippen LogP contribution in [0.25, 0.3) is 5.70 Å². The molecule has 2 N–H and O–H groups in total. The average molecular weight is 205 g/mol. The molecule has 0 fully saturated rings. The van der Waals surface area contributed by atoms with Gasteiger partial charge in [0.1, 0.15) is 0 Å². The van der Waals surface area contributed by atoms with Gasteiger partial charge in [-0.2, -0.15) is 0 Å². The molecule has 0 radical (unpaired) electrons. The molecule has 0 unspecified atom stereocenters. The summed E-state index contributed by atoms with van der Waals surface area (Å²) in [4.78, 5) is 0. The molecule has 0 atom stereocenters. The highest BCUT2D eigenvalue weighted by atomic mass is 14.6. The highest BCUT2D eigenvalue weighted by Crippen LogP contribution is 2.14. The zero-order valence-corrected chi connectivity index (χ0v) is 10.4. The molecule has 1 aromatic carbocycles. The second-order valence-electron chi connectivity index (χ2n) is 3.84. The zero-order chi connectivity index (χ0) is 11.8. The average Bonchev–Trinajstić information content (AvgIpc) is 2.22. The lowest BCUT2D eigenvalue weighted by Gasteiger charge is -2.04. The SMILES string of the molecule is C=C(N)c1cc(C)ccc1C.CCCC. The fourth-order valence-electron chi connectivity index (χ4n) is 1.08. The van der Waals surface area contributed by atoms with Gasteiger partial charge in [-0.15, -0.1) is 0 Å². The number of rotatable bonds is 2. The first-order valence-electron chi connectivity index (χ1n) is 5.54. The van der Waals surface area contributed by atoms with E-state index >= 15 is 0 Å². The quantitative estimate of drug-likeness (QED) is 0.774. The maximum absolute atomic E-state index is 5.59. The van der Waals surface area contributed by atoms with Gasteiger partial charge < -0.3 is 5.73 Å². The third-order valence-corrected chi connectivity index (χ3v) is 2.24. The number of nitrogens with two attached hydrogens (primary N) is 1. The van der Waals surface area contributed by atoms with Crippen LogP contribution in [-0.2, 0) is 0 Å². The first-order valence-corrected chi connectivity index (χ1v) is 5.54. The summed E-state index contributed by atoms with van der Waals surface area (Å²) in [5.74, 6) is 0. The summed E-state index contributed by atoms with van der Waals surface area (Å²) in [6.45, 7) is 12.1. The zero-order valence-electron chi connectivity index (χ0n) is 10.4. The van der Waals surface area contributed by atoms with Gasteiger partial charge in [0.25, 0.3) is 0 Å². The molecule has 0 heterocycles. The van der Waals surface area contributed by atoms with Gasteiger partial charge in [-0.05, 0) is 31.0 Å². The van der Waals surface area contributed by atoms with Gasteiger partial charge in [-0.1, -0.05) is 51.0 Å². The highest BCUT2D eigenvalue weighted by Gasteiger charge is 1.97. The van der Waals surface area contributed by atoms with Crippen LogP contribution in [0.3, 0.4) is 0 Å². The van der Waals surface area contributed by atoms with Gasteiger partial charge in [0.15, 0.2) is 0 Å².